The van der Waals surface area contributed by atoms with E-state index in [2.05, 4.69) is 36.6 Å². The summed E-state index contributed by atoms with van der Waals surface area (Å²) in [4.78, 5) is 0.112. The van der Waals surface area contributed by atoms with Crippen molar-refractivity contribution in [3.05, 3.63) is 51.4 Å². The SMILES string of the molecule is O=S(=O)(Nc1cc(Br)ccc1O)c1cccc(Br)c1. The maximum atomic E-state index is 12.2. The van der Waals surface area contributed by atoms with Gasteiger partial charge < -0.3 is 5.11 Å². The van der Waals surface area contributed by atoms with Crippen LogP contribution in [0.4, 0.5) is 5.69 Å². The monoisotopic (exact) mass is 405 g/mol. The summed E-state index contributed by atoms with van der Waals surface area (Å²) in [6.45, 7) is 0. The average molecular weight is 407 g/mol. The van der Waals surface area contributed by atoms with Gasteiger partial charge in [0.05, 0.1) is 10.6 Å². The van der Waals surface area contributed by atoms with E-state index in [1.165, 1.54) is 24.3 Å². The van der Waals surface area contributed by atoms with Crippen LogP contribution in [0.2, 0.25) is 0 Å². The Balaban J connectivity index is 2.39. The van der Waals surface area contributed by atoms with Crippen molar-refractivity contribution in [2.45, 2.75) is 4.90 Å². The first-order valence-corrected chi connectivity index (χ1v) is 8.22. The number of halogens is 2. The first kappa shape index (κ1) is 14.4. The molecule has 0 fully saturated rings. The van der Waals surface area contributed by atoms with Gasteiger partial charge in [-0.25, -0.2) is 8.42 Å². The molecule has 0 atom stereocenters. The highest BCUT2D eigenvalue weighted by Crippen LogP contribution is 2.29. The van der Waals surface area contributed by atoms with Crippen molar-refractivity contribution < 1.29 is 13.5 Å². The van der Waals surface area contributed by atoms with Crippen molar-refractivity contribution in [3.63, 3.8) is 0 Å². The maximum absolute atomic E-state index is 12.2. The van der Waals surface area contributed by atoms with E-state index in [1.807, 2.05) is 0 Å². The Morgan fingerprint density at radius 1 is 1.00 bits per heavy atom. The van der Waals surface area contributed by atoms with Gasteiger partial charge in [0, 0.05) is 8.95 Å². The van der Waals surface area contributed by atoms with Crippen LogP contribution in [-0.4, -0.2) is 13.5 Å². The lowest BCUT2D eigenvalue weighted by Crippen LogP contribution is -2.13. The molecular weight excluding hydrogens is 398 g/mol. The molecule has 2 rings (SSSR count). The summed E-state index contributed by atoms with van der Waals surface area (Å²) >= 11 is 6.44. The van der Waals surface area contributed by atoms with Crippen molar-refractivity contribution >= 4 is 47.6 Å². The second-order valence-electron chi connectivity index (χ2n) is 3.72. The minimum absolute atomic E-state index is 0.112. The highest BCUT2D eigenvalue weighted by molar-refractivity contribution is 9.10. The predicted octanol–water partition coefficient (Wildman–Crippen LogP) is 3.72. The predicted molar refractivity (Wildman–Crippen MR) is 80.8 cm³/mol. The first-order valence-electron chi connectivity index (χ1n) is 5.15. The smallest absolute Gasteiger partial charge is 0.262 e. The summed E-state index contributed by atoms with van der Waals surface area (Å²) in [6.07, 6.45) is 0. The Bertz CT molecular complexity index is 717. The number of rotatable bonds is 3. The van der Waals surface area contributed by atoms with Gasteiger partial charge in [-0.1, -0.05) is 37.9 Å². The van der Waals surface area contributed by atoms with Crippen molar-refractivity contribution in [2.75, 3.05) is 4.72 Å². The fourth-order valence-electron chi connectivity index (χ4n) is 1.43. The minimum atomic E-state index is -3.74. The molecule has 0 unspecified atom stereocenters. The summed E-state index contributed by atoms with van der Waals surface area (Å²) in [5.74, 6) is -0.137. The molecule has 0 amide bonds. The third kappa shape index (κ3) is 3.49. The van der Waals surface area contributed by atoms with Crippen molar-refractivity contribution in [3.8, 4) is 5.75 Å². The third-order valence-electron chi connectivity index (χ3n) is 2.31. The van der Waals surface area contributed by atoms with E-state index in [4.69, 9.17) is 0 Å². The van der Waals surface area contributed by atoms with E-state index >= 15 is 0 Å². The molecule has 0 saturated heterocycles. The number of nitrogens with one attached hydrogen (secondary N) is 1. The summed E-state index contributed by atoms with van der Waals surface area (Å²) < 4.78 is 28.0. The molecule has 0 aliphatic carbocycles. The van der Waals surface area contributed by atoms with Crippen molar-refractivity contribution in [1.29, 1.82) is 0 Å². The molecule has 0 aliphatic rings. The number of phenols is 1. The van der Waals surface area contributed by atoms with E-state index in [1.54, 1.807) is 18.2 Å². The zero-order valence-corrected chi connectivity index (χ0v) is 13.5. The molecule has 4 nitrogen and oxygen atoms in total. The molecule has 0 aliphatic heterocycles. The van der Waals surface area contributed by atoms with Crippen LogP contribution in [0.5, 0.6) is 5.75 Å². The van der Waals surface area contributed by atoms with Crippen LogP contribution < -0.4 is 4.72 Å². The van der Waals surface area contributed by atoms with E-state index in [0.717, 1.165) is 0 Å². The fourth-order valence-corrected chi connectivity index (χ4v) is 3.45. The van der Waals surface area contributed by atoms with Gasteiger partial charge in [0.15, 0.2) is 0 Å². The molecule has 2 N–H and O–H groups in total. The van der Waals surface area contributed by atoms with Crippen LogP contribution in [-0.2, 0) is 10.0 Å². The van der Waals surface area contributed by atoms with Gasteiger partial charge in [-0.15, -0.1) is 0 Å². The Hall–Kier alpha value is -1.05. The largest absolute Gasteiger partial charge is 0.506 e. The molecule has 0 spiro atoms. The zero-order valence-electron chi connectivity index (χ0n) is 9.47. The van der Waals surface area contributed by atoms with Gasteiger partial charge in [0.1, 0.15) is 5.75 Å². The van der Waals surface area contributed by atoms with Crippen LogP contribution in [0, 0.1) is 0 Å². The van der Waals surface area contributed by atoms with Crippen molar-refractivity contribution in [1.82, 2.24) is 0 Å². The minimum Gasteiger partial charge on any atom is -0.506 e. The molecule has 2 aromatic rings. The second-order valence-corrected chi connectivity index (χ2v) is 7.24. The first-order chi connectivity index (χ1) is 8.88. The lowest BCUT2D eigenvalue weighted by molar-refractivity contribution is 0.477. The number of hydrogen-bond acceptors (Lipinski definition) is 3. The average Bonchev–Trinajstić information content (AvgIpc) is 2.33. The van der Waals surface area contributed by atoms with Crippen LogP contribution in [0.25, 0.3) is 0 Å². The van der Waals surface area contributed by atoms with Gasteiger partial charge in [-0.3, -0.25) is 4.72 Å². The van der Waals surface area contributed by atoms with Gasteiger partial charge in [-0.2, -0.15) is 0 Å². The number of hydrogen-bond donors (Lipinski definition) is 2. The van der Waals surface area contributed by atoms with Crippen LogP contribution in [0.3, 0.4) is 0 Å². The third-order valence-corrected chi connectivity index (χ3v) is 4.66. The molecule has 0 saturated carbocycles. The van der Waals surface area contributed by atoms with Gasteiger partial charge >= 0.3 is 0 Å². The van der Waals surface area contributed by atoms with E-state index in [-0.39, 0.29) is 16.3 Å². The number of phenolic OH excluding ortho intramolecular Hbond substituents is 1. The topological polar surface area (TPSA) is 66.4 Å². The summed E-state index contributed by atoms with van der Waals surface area (Å²) in [6, 6.07) is 10.8. The maximum Gasteiger partial charge on any atom is 0.262 e. The molecular formula is C12H9Br2NO3S. The van der Waals surface area contributed by atoms with Crippen LogP contribution >= 0.6 is 31.9 Å². The molecule has 2 aromatic carbocycles. The summed E-state index contributed by atoms with van der Waals surface area (Å²) in [7, 11) is -3.74. The van der Waals surface area contributed by atoms with E-state index in [0.29, 0.717) is 8.95 Å². The zero-order chi connectivity index (χ0) is 14.0. The highest BCUT2D eigenvalue weighted by Gasteiger charge is 2.16. The Kier molecular flexibility index (Phi) is 4.17. The number of anilines is 1. The lowest BCUT2D eigenvalue weighted by Gasteiger charge is -2.10. The summed E-state index contributed by atoms with van der Waals surface area (Å²) in [5, 5.41) is 9.64. The molecule has 0 aromatic heterocycles. The Morgan fingerprint density at radius 2 is 1.68 bits per heavy atom. The Labute approximate surface area is 127 Å². The molecule has 100 valence electrons. The van der Waals surface area contributed by atoms with E-state index < -0.39 is 10.0 Å². The normalized spacial score (nSPS) is 11.3. The standard InChI is InChI=1S/C12H9Br2NO3S/c13-8-2-1-3-10(6-8)19(17,18)15-11-7-9(14)4-5-12(11)16/h1-7,15-16H. The van der Waals surface area contributed by atoms with Gasteiger partial charge in [-0.05, 0) is 36.4 Å². The van der Waals surface area contributed by atoms with Crippen LogP contribution in [0.1, 0.15) is 0 Å². The van der Waals surface area contributed by atoms with Crippen molar-refractivity contribution in [2.24, 2.45) is 0 Å². The summed E-state index contributed by atoms with van der Waals surface area (Å²) in [5.41, 5.74) is 0.120. The van der Waals surface area contributed by atoms with Gasteiger partial charge in [0.25, 0.3) is 10.0 Å². The molecule has 7 heteroatoms. The lowest BCUT2D eigenvalue weighted by atomic mass is 10.3. The number of benzene rings is 2. The molecule has 0 bridgehead atoms. The molecule has 0 radical (unpaired) electrons. The molecule has 19 heavy (non-hydrogen) atoms. The number of sulfonamides is 1. The van der Waals surface area contributed by atoms with E-state index in [9.17, 15) is 13.5 Å². The second kappa shape index (κ2) is 5.52. The van der Waals surface area contributed by atoms with Crippen LogP contribution in [0.15, 0.2) is 56.3 Å². The highest BCUT2D eigenvalue weighted by atomic mass is 79.9. The quantitative estimate of drug-likeness (QED) is 0.763. The Morgan fingerprint density at radius 3 is 2.37 bits per heavy atom. The number of aromatic hydroxyl groups is 1. The van der Waals surface area contributed by atoms with Gasteiger partial charge in [0.2, 0.25) is 0 Å². The fraction of sp³-hybridized carbons (Fsp3) is 0. The molecule has 0 heterocycles.